The number of nitrogens with one attached hydrogen (secondary N) is 1. The van der Waals surface area contributed by atoms with Crippen LogP contribution in [0.2, 0.25) is 0 Å². The molecule has 0 amide bonds. The Hall–Kier alpha value is -1.77. The average molecular weight is 380 g/mol. The van der Waals surface area contributed by atoms with Crippen molar-refractivity contribution in [1.29, 1.82) is 0 Å². The molecule has 1 heterocycles. The van der Waals surface area contributed by atoms with Gasteiger partial charge >= 0.3 is 0 Å². The van der Waals surface area contributed by atoms with Crippen LogP contribution in [-0.4, -0.2) is 43.2 Å². The molecule has 1 fully saturated rings. The quantitative estimate of drug-likeness (QED) is 0.747. The predicted molar refractivity (Wildman–Crippen MR) is 96.9 cm³/mol. The maximum Gasteiger partial charge on any atom is 0.204 e. The van der Waals surface area contributed by atoms with E-state index >= 15 is 0 Å². The van der Waals surface area contributed by atoms with Crippen LogP contribution in [0.1, 0.15) is 34.5 Å². The Balaban J connectivity index is 1.70. The maximum absolute atomic E-state index is 12.6. The van der Waals surface area contributed by atoms with Crippen molar-refractivity contribution in [3.05, 3.63) is 40.9 Å². The summed E-state index contributed by atoms with van der Waals surface area (Å²) in [4.78, 5) is 17.3. The van der Waals surface area contributed by atoms with Gasteiger partial charge in [0.2, 0.25) is 5.78 Å². The Labute approximate surface area is 150 Å². The van der Waals surface area contributed by atoms with Crippen LogP contribution in [-0.2, 0) is 9.84 Å². The van der Waals surface area contributed by atoms with Crippen LogP contribution in [0.4, 0.5) is 5.13 Å². The molecule has 0 aliphatic heterocycles. The van der Waals surface area contributed by atoms with Crippen LogP contribution in [0.5, 0.6) is 0 Å². The van der Waals surface area contributed by atoms with Gasteiger partial charge < -0.3 is 10.4 Å². The maximum atomic E-state index is 12.6. The molecule has 2 atom stereocenters. The number of sulfone groups is 1. The lowest BCUT2D eigenvalue weighted by molar-refractivity contribution is 0.104. The number of hydrogen-bond acceptors (Lipinski definition) is 7. The third kappa shape index (κ3) is 4.26. The van der Waals surface area contributed by atoms with Crippen LogP contribution >= 0.6 is 11.3 Å². The highest BCUT2D eigenvalue weighted by Crippen LogP contribution is 2.27. The molecule has 1 saturated carbocycles. The summed E-state index contributed by atoms with van der Waals surface area (Å²) in [6.07, 6.45) is 5.20. The summed E-state index contributed by atoms with van der Waals surface area (Å²) in [5, 5.41) is 13.6. The third-order valence-corrected chi connectivity index (χ3v) is 6.45. The standard InChI is InChI=1S/C17H20N2O4S2/c1-25(22,23)13-6-2-4-11(8-13)16(21)15-10-19-17(24-15)18-9-12-5-3-7-14(12)20/h2,4,6,8,10,12,14,20H,3,5,7,9H2,1H3,(H,18,19)/t12-,14+/m0/s1. The third-order valence-electron chi connectivity index (χ3n) is 4.39. The van der Waals surface area contributed by atoms with E-state index in [0.717, 1.165) is 25.5 Å². The number of hydrogen-bond donors (Lipinski definition) is 2. The summed E-state index contributed by atoms with van der Waals surface area (Å²) >= 11 is 1.23. The molecule has 134 valence electrons. The van der Waals surface area contributed by atoms with Crippen molar-refractivity contribution in [3.63, 3.8) is 0 Å². The smallest absolute Gasteiger partial charge is 0.204 e. The molecule has 0 bridgehead atoms. The van der Waals surface area contributed by atoms with E-state index in [4.69, 9.17) is 0 Å². The normalized spacial score (nSPS) is 20.6. The van der Waals surface area contributed by atoms with Crippen molar-refractivity contribution in [2.75, 3.05) is 18.1 Å². The van der Waals surface area contributed by atoms with Crippen LogP contribution in [0.15, 0.2) is 35.4 Å². The van der Waals surface area contributed by atoms with Gasteiger partial charge in [-0.25, -0.2) is 13.4 Å². The number of carbonyl (C=O) groups is 1. The fraction of sp³-hybridized carbons (Fsp3) is 0.412. The van der Waals surface area contributed by atoms with E-state index in [-0.39, 0.29) is 22.7 Å². The lowest BCUT2D eigenvalue weighted by Crippen LogP contribution is -2.21. The number of thiazole rings is 1. The van der Waals surface area contributed by atoms with E-state index in [0.29, 0.717) is 22.1 Å². The van der Waals surface area contributed by atoms with E-state index < -0.39 is 9.84 Å². The topological polar surface area (TPSA) is 96.4 Å². The molecule has 0 unspecified atom stereocenters. The number of aliphatic hydroxyl groups excluding tert-OH is 1. The summed E-state index contributed by atoms with van der Waals surface area (Å²) in [6.45, 7) is 0.631. The molecule has 8 heteroatoms. The number of nitrogens with zero attached hydrogens (tertiary/aromatic N) is 1. The van der Waals surface area contributed by atoms with Gasteiger partial charge in [-0.3, -0.25) is 4.79 Å². The second-order valence-corrected chi connectivity index (χ2v) is 9.34. The molecule has 2 aromatic rings. The minimum Gasteiger partial charge on any atom is -0.393 e. The monoisotopic (exact) mass is 380 g/mol. The van der Waals surface area contributed by atoms with Crippen molar-refractivity contribution in [2.45, 2.75) is 30.3 Å². The highest BCUT2D eigenvalue weighted by atomic mass is 32.2. The van der Waals surface area contributed by atoms with Crippen molar-refractivity contribution >= 4 is 32.1 Å². The van der Waals surface area contributed by atoms with Gasteiger partial charge in [0, 0.05) is 24.3 Å². The number of ketones is 1. The van der Waals surface area contributed by atoms with Gasteiger partial charge in [-0.2, -0.15) is 0 Å². The van der Waals surface area contributed by atoms with Gasteiger partial charge in [-0.1, -0.05) is 29.9 Å². The van der Waals surface area contributed by atoms with Crippen LogP contribution < -0.4 is 5.32 Å². The zero-order valence-electron chi connectivity index (χ0n) is 13.8. The molecule has 0 saturated heterocycles. The van der Waals surface area contributed by atoms with Gasteiger partial charge in [0.05, 0.1) is 22.1 Å². The fourth-order valence-electron chi connectivity index (χ4n) is 2.94. The zero-order valence-corrected chi connectivity index (χ0v) is 15.4. The highest BCUT2D eigenvalue weighted by molar-refractivity contribution is 7.90. The lowest BCUT2D eigenvalue weighted by Gasteiger charge is -2.14. The van der Waals surface area contributed by atoms with Gasteiger partial charge in [-0.05, 0) is 25.0 Å². The Morgan fingerprint density at radius 1 is 1.40 bits per heavy atom. The van der Waals surface area contributed by atoms with E-state index in [1.54, 1.807) is 12.1 Å². The summed E-state index contributed by atoms with van der Waals surface area (Å²) in [7, 11) is -3.36. The molecule has 1 aliphatic carbocycles. The highest BCUT2D eigenvalue weighted by Gasteiger charge is 2.25. The number of anilines is 1. The van der Waals surface area contributed by atoms with Crippen molar-refractivity contribution < 1.29 is 18.3 Å². The Kier molecular flexibility index (Phi) is 5.21. The van der Waals surface area contributed by atoms with E-state index in [9.17, 15) is 18.3 Å². The minimum absolute atomic E-state index is 0.122. The minimum atomic E-state index is -3.36. The first-order chi connectivity index (χ1) is 11.8. The van der Waals surface area contributed by atoms with Gasteiger partial charge in [-0.15, -0.1) is 0 Å². The molecule has 1 aliphatic rings. The van der Waals surface area contributed by atoms with E-state index in [1.165, 1.54) is 29.7 Å². The first-order valence-corrected chi connectivity index (χ1v) is 10.8. The average Bonchev–Trinajstić information content (AvgIpc) is 3.20. The Bertz CT molecular complexity index is 876. The molecule has 1 aromatic heterocycles. The number of benzene rings is 1. The summed E-state index contributed by atoms with van der Waals surface area (Å²) in [5.41, 5.74) is 0.323. The van der Waals surface area contributed by atoms with E-state index in [2.05, 4.69) is 10.3 Å². The summed E-state index contributed by atoms with van der Waals surface area (Å²) in [6, 6.07) is 6.02. The molecule has 3 rings (SSSR count). The van der Waals surface area contributed by atoms with Crippen molar-refractivity contribution in [1.82, 2.24) is 4.98 Å². The lowest BCUT2D eigenvalue weighted by atomic mass is 10.1. The molecule has 25 heavy (non-hydrogen) atoms. The van der Waals surface area contributed by atoms with Gasteiger partial charge in [0.15, 0.2) is 15.0 Å². The van der Waals surface area contributed by atoms with Crippen molar-refractivity contribution in [2.24, 2.45) is 5.92 Å². The molecular formula is C17H20N2O4S2. The molecule has 2 N–H and O–H groups in total. The zero-order chi connectivity index (χ0) is 18.0. The SMILES string of the molecule is CS(=O)(=O)c1cccc(C(=O)c2cnc(NC[C@@H]3CCC[C@H]3O)s2)c1. The van der Waals surface area contributed by atoms with Crippen molar-refractivity contribution in [3.8, 4) is 0 Å². The number of carbonyl (C=O) groups excluding carboxylic acids is 1. The summed E-state index contributed by atoms with van der Waals surface area (Å²) in [5.74, 6) is -0.0357. The first kappa shape index (κ1) is 18.0. The number of rotatable bonds is 6. The number of aromatic nitrogens is 1. The van der Waals surface area contributed by atoms with Gasteiger partial charge in [0.25, 0.3) is 0 Å². The van der Waals surface area contributed by atoms with Crippen LogP contribution in [0.25, 0.3) is 0 Å². The Morgan fingerprint density at radius 3 is 2.88 bits per heavy atom. The fourth-order valence-corrected chi connectivity index (χ4v) is 4.40. The first-order valence-electron chi connectivity index (χ1n) is 8.07. The number of aliphatic hydroxyl groups is 1. The Morgan fingerprint density at radius 2 is 2.20 bits per heavy atom. The summed E-state index contributed by atoms with van der Waals surface area (Å²) < 4.78 is 23.3. The molecule has 6 nitrogen and oxygen atoms in total. The van der Waals surface area contributed by atoms with Crippen LogP contribution in [0, 0.1) is 5.92 Å². The molecule has 0 spiro atoms. The predicted octanol–water partition coefficient (Wildman–Crippen LogP) is 2.35. The van der Waals surface area contributed by atoms with Crippen LogP contribution in [0.3, 0.4) is 0 Å². The van der Waals surface area contributed by atoms with Gasteiger partial charge in [0.1, 0.15) is 0 Å². The second-order valence-electron chi connectivity index (χ2n) is 6.30. The molecular weight excluding hydrogens is 360 g/mol. The molecule has 1 aromatic carbocycles. The largest absolute Gasteiger partial charge is 0.393 e. The molecule has 0 radical (unpaired) electrons. The second kappa shape index (κ2) is 7.23. The van der Waals surface area contributed by atoms with E-state index in [1.807, 2.05) is 0 Å².